The summed E-state index contributed by atoms with van der Waals surface area (Å²) >= 11 is 0. The highest BCUT2D eigenvalue weighted by atomic mass is 16.4. The van der Waals surface area contributed by atoms with Crippen molar-refractivity contribution < 1.29 is 9.90 Å². The van der Waals surface area contributed by atoms with Crippen LogP contribution in [0.4, 0.5) is 0 Å². The van der Waals surface area contributed by atoms with Crippen LogP contribution in [0.2, 0.25) is 0 Å². The number of hydrogen-bond donors (Lipinski definition) is 2. The summed E-state index contributed by atoms with van der Waals surface area (Å²) in [6.07, 6.45) is 6.88. The molecule has 0 spiro atoms. The summed E-state index contributed by atoms with van der Waals surface area (Å²) in [5.41, 5.74) is -0.780. The van der Waals surface area contributed by atoms with E-state index in [4.69, 9.17) is 0 Å². The highest BCUT2D eigenvalue weighted by Crippen LogP contribution is 2.21. The van der Waals surface area contributed by atoms with Crippen molar-refractivity contribution in [2.24, 2.45) is 5.92 Å². The van der Waals surface area contributed by atoms with Crippen LogP contribution in [0.1, 0.15) is 52.4 Å². The summed E-state index contributed by atoms with van der Waals surface area (Å²) in [6, 6.07) is 0. The SMILES string of the molecule is CCC1CCCN(CCCC(C)(NC)C(=O)O)CC1. The van der Waals surface area contributed by atoms with Gasteiger partial charge in [-0.05, 0) is 71.6 Å². The van der Waals surface area contributed by atoms with Gasteiger partial charge in [0.2, 0.25) is 0 Å². The Morgan fingerprint density at radius 2 is 2.16 bits per heavy atom. The van der Waals surface area contributed by atoms with Crippen LogP contribution in [0.3, 0.4) is 0 Å². The molecule has 1 aliphatic rings. The number of likely N-dealkylation sites (N-methyl/N-ethyl adjacent to an activating group) is 1. The van der Waals surface area contributed by atoms with Gasteiger partial charge in [0.15, 0.2) is 0 Å². The van der Waals surface area contributed by atoms with Crippen molar-refractivity contribution in [1.29, 1.82) is 0 Å². The molecular formula is C15H30N2O2. The Labute approximate surface area is 117 Å². The molecule has 19 heavy (non-hydrogen) atoms. The Morgan fingerprint density at radius 3 is 2.74 bits per heavy atom. The molecule has 1 fully saturated rings. The van der Waals surface area contributed by atoms with Gasteiger partial charge in [0.1, 0.15) is 5.54 Å². The maximum atomic E-state index is 11.2. The van der Waals surface area contributed by atoms with Crippen LogP contribution >= 0.6 is 0 Å². The zero-order valence-corrected chi connectivity index (χ0v) is 12.7. The molecule has 0 bridgehead atoms. The molecule has 0 radical (unpaired) electrons. The Balaban J connectivity index is 2.31. The van der Waals surface area contributed by atoms with E-state index < -0.39 is 11.5 Å². The number of aliphatic carboxylic acids is 1. The largest absolute Gasteiger partial charge is 0.480 e. The van der Waals surface area contributed by atoms with Gasteiger partial charge in [0.25, 0.3) is 0 Å². The lowest BCUT2D eigenvalue weighted by Gasteiger charge is -2.26. The predicted octanol–water partition coefficient (Wildman–Crippen LogP) is 2.34. The number of rotatable bonds is 7. The van der Waals surface area contributed by atoms with Crippen molar-refractivity contribution >= 4 is 5.97 Å². The van der Waals surface area contributed by atoms with E-state index in [0.29, 0.717) is 6.42 Å². The molecule has 1 rings (SSSR count). The van der Waals surface area contributed by atoms with Gasteiger partial charge in [-0.3, -0.25) is 4.79 Å². The van der Waals surface area contributed by atoms with Gasteiger partial charge in [-0.15, -0.1) is 0 Å². The highest BCUT2D eigenvalue weighted by molar-refractivity contribution is 5.78. The van der Waals surface area contributed by atoms with E-state index in [-0.39, 0.29) is 0 Å². The number of hydrogen-bond acceptors (Lipinski definition) is 3. The van der Waals surface area contributed by atoms with Crippen molar-refractivity contribution in [3.8, 4) is 0 Å². The molecule has 1 aliphatic heterocycles. The molecule has 2 N–H and O–H groups in total. The third-order valence-corrected chi connectivity index (χ3v) is 4.69. The standard InChI is InChI=1S/C15H30N2O2/c1-4-13-7-5-10-17(12-8-13)11-6-9-15(2,16-3)14(18)19/h13,16H,4-12H2,1-3H3,(H,18,19). The molecule has 0 aliphatic carbocycles. The van der Waals surface area contributed by atoms with Gasteiger partial charge in [-0.1, -0.05) is 13.3 Å². The van der Waals surface area contributed by atoms with E-state index in [1.165, 1.54) is 38.8 Å². The maximum Gasteiger partial charge on any atom is 0.323 e. The van der Waals surface area contributed by atoms with Gasteiger partial charge in [0.05, 0.1) is 0 Å². The van der Waals surface area contributed by atoms with Crippen molar-refractivity contribution in [3.05, 3.63) is 0 Å². The zero-order valence-electron chi connectivity index (χ0n) is 12.7. The predicted molar refractivity (Wildman–Crippen MR) is 78.4 cm³/mol. The second kappa shape index (κ2) is 7.85. The number of nitrogens with one attached hydrogen (secondary N) is 1. The van der Waals surface area contributed by atoms with E-state index in [0.717, 1.165) is 18.9 Å². The molecule has 2 atom stereocenters. The quantitative estimate of drug-likeness (QED) is 0.745. The van der Waals surface area contributed by atoms with E-state index in [1.54, 1.807) is 14.0 Å². The zero-order chi connectivity index (χ0) is 14.3. The Kier molecular flexibility index (Phi) is 6.80. The normalized spacial score (nSPS) is 24.7. The Morgan fingerprint density at radius 1 is 1.42 bits per heavy atom. The van der Waals surface area contributed by atoms with Gasteiger partial charge >= 0.3 is 5.97 Å². The number of likely N-dealkylation sites (tertiary alicyclic amines) is 1. The third-order valence-electron chi connectivity index (χ3n) is 4.69. The van der Waals surface area contributed by atoms with Crippen molar-refractivity contribution in [3.63, 3.8) is 0 Å². The minimum Gasteiger partial charge on any atom is -0.480 e. The van der Waals surface area contributed by atoms with E-state index >= 15 is 0 Å². The smallest absolute Gasteiger partial charge is 0.323 e. The molecule has 2 unspecified atom stereocenters. The molecule has 0 aromatic carbocycles. The van der Waals surface area contributed by atoms with Crippen LogP contribution in [-0.2, 0) is 4.79 Å². The van der Waals surface area contributed by atoms with Crippen molar-refractivity contribution in [1.82, 2.24) is 10.2 Å². The summed E-state index contributed by atoms with van der Waals surface area (Å²) in [4.78, 5) is 13.7. The van der Waals surface area contributed by atoms with Gasteiger partial charge in [-0.25, -0.2) is 0 Å². The van der Waals surface area contributed by atoms with E-state index in [9.17, 15) is 9.90 Å². The lowest BCUT2D eigenvalue weighted by molar-refractivity contribution is -0.144. The maximum absolute atomic E-state index is 11.2. The van der Waals surface area contributed by atoms with Crippen LogP contribution in [0.5, 0.6) is 0 Å². The number of carboxylic acids is 1. The summed E-state index contributed by atoms with van der Waals surface area (Å²) in [5.74, 6) is 0.142. The van der Waals surface area contributed by atoms with Crippen LogP contribution in [0.25, 0.3) is 0 Å². The first-order chi connectivity index (χ1) is 9.01. The fourth-order valence-electron chi connectivity index (χ4n) is 2.85. The van der Waals surface area contributed by atoms with Crippen LogP contribution in [0, 0.1) is 5.92 Å². The van der Waals surface area contributed by atoms with Crippen LogP contribution < -0.4 is 5.32 Å². The van der Waals surface area contributed by atoms with E-state index in [1.807, 2.05) is 0 Å². The first-order valence-electron chi connectivity index (χ1n) is 7.66. The lowest BCUT2D eigenvalue weighted by Crippen LogP contribution is -2.47. The van der Waals surface area contributed by atoms with Crippen LogP contribution in [-0.4, -0.2) is 48.2 Å². The number of carboxylic acid groups (broad SMARTS) is 1. The molecule has 0 amide bonds. The van der Waals surface area contributed by atoms with Gasteiger partial charge < -0.3 is 15.3 Å². The van der Waals surface area contributed by atoms with E-state index in [2.05, 4.69) is 17.1 Å². The van der Waals surface area contributed by atoms with Crippen LogP contribution in [0.15, 0.2) is 0 Å². The molecule has 4 nitrogen and oxygen atoms in total. The first-order valence-corrected chi connectivity index (χ1v) is 7.66. The average molecular weight is 270 g/mol. The third kappa shape index (κ3) is 5.11. The Hall–Kier alpha value is -0.610. The fraction of sp³-hybridized carbons (Fsp3) is 0.933. The molecule has 0 aromatic rings. The monoisotopic (exact) mass is 270 g/mol. The number of carbonyl (C=O) groups is 1. The van der Waals surface area contributed by atoms with Gasteiger partial charge in [0, 0.05) is 0 Å². The van der Waals surface area contributed by atoms with Crippen molar-refractivity contribution in [2.45, 2.75) is 57.9 Å². The minimum absolute atomic E-state index is 0.687. The van der Waals surface area contributed by atoms with Crippen molar-refractivity contribution in [2.75, 3.05) is 26.7 Å². The summed E-state index contributed by atoms with van der Waals surface area (Å²) in [7, 11) is 1.73. The number of nitrogens with zero attached hydrogens (tertiary/aromatic N) is 1. The molecule has 112 valence electrons. The molecular weight excluding hydrogens is 240 g/mol. The summed E-state index contributed by atoms with van der Waals surface area (Å²) in [6.45, 7) is 7.44. The minimum atomic E-state index is -0.780. The Bertz CT molecular complexity index is 283. The molecule has 1 saturated heterocycles. The molecule has 0 saturated carbocycles. The lowest BCUT2D eigenvalue weighted by atomic mass is 9.96. The fourth-order valence-corrected chi connectivity index (χ4v) is 2.85. The van der Waals surface area contributed by atoms with Gasteiger partial charge in [-0.2, -0.15) is 0 Å². The highest BCUT2D eigenvalue weighted by Gasteiger charge is 2.30. The summed E-state index contributed by atoms with van der Waals surface area (Å²) < 4.78 is 0. The summed E-state index contributed by atoms with van der Waals surface area (Å²) in [5, 5.41) is 12.1. The topological polar surface area (TPSA) is 52.6 Å². The average Bonchev–Trinajstić information content (AvgIpc) is 2.63. The molecule has 1 heterocycles. The molecule has 4 heteroatoms. The second-order valence-corrected chi connectivity index (χ2v) is 6.04. The molecule has 0 aromatic heterocycles. The first kappa shape index (κ1) is 16.4. The second-order valence-electron chi connectivity index (χ2n) is 6.04.